The highest BCUT2D eigenvalue weighted by molar-refractivity contribution is 5.94. The third kappa shape index (κ3) is 3.59. The average Bonchev–Trinajstić information content (AvgIpc) is 3.22. The molecule has 3 aromatic heterocycles. The van der Waals surface area contributed by atoms with E-state index in [1.54, 1.807) is 29.2 Å². The van der Waals surface area contributed by atoms with E-state index in [0.29, 0.717) is 23.5 Å². The van der Waals surface area contributed by atoms with Crippen molar-refractivity contribution in [3.63, 3.8) is 0 Å². The van der Waals surface area contributed by atoms with Crippen molar-refractivity contribution in [2.75, 3.05) is 7.05 Å². The summed E-state index contributed by atoms with van der Waals surface area (Å²) >= 11 is 0. The quantitative estimate of drug-likeness (QED) is 0.489. The van der Waals surface area contributed by atoms with Gasteiger partial charge in [-0.1, -0.05) is 18.2 Å². The fourth-order valence-corrected chi connectivity index (χ4v) is 3.47. The molecule has 0 aliphatic heterocycles. The first-order chi connectivity index (χ1) is 15.1. The standard InChI is InChI=1S/C23H17FN6O/c1-25-22(31)18-6-5-16(11-19(18)24)21-13-30-23(29-21)28-17(12-27-30)10-14-4-7-20-15(9-14)3-2-8-26-20/h2-9,11-13H,10H2,1H3,(H,25,31). The Morgan fingerprint density at radius 1 is 1.13 bits per heavy atom. The van der Waals surface area contributed by atoms with Gasteiger partial charge in [0.05, 0.1) is 34.9 Å². The molecule has 7 nitrogen and oxygen atoms in total. The molecule has 152 valence electrons. The van der Waals surface area contributed by atoms with Gasteiger partial charge in [0.15, 0.2) is 0 Å². The molecule has 0 fully saturated rings. The SMILES string of the molecule is CNC(=O)c1ccc(-c2cn3ncc(Cc4ccc5ncccc5c4)nc3n2)cc1F. The minimum absolute atomic E-state index is 0.0147. The number of nitrogens with zero attached hydrogens (tertiary/aromatic N) is 5. The van der Waals surface area contributed by atoms with Gasteiger partial charge in [0.25, 0.3) is 11.7 Å². The second-order valence-electron chi connectivity index (χ2n) is 7.10. The van der Waals surface area contributed by atoms with E-state index in [4.69, 9.17) is 0 Å². The number of hydrogen-bond acceptors (Lipinski definition) is 5. The van der Waals surface area contributed by atoms with E-state index >= 15 is 0 Å². The summed E-state index contributed by atoms with van der Waals surface area (Å²) in [7, 11) is 1.46. The van der Waals surface area contributed by atoms with E-state index in [1.165, 1.54) is 19.2 Å². The van der Waals surface area contributed by atoms with Crippen LogP contribution in [0.5, 0.6) is 0 Å². The summed E-state index contributed by atoms with van der Waals surface area (Å²) in [5.41, 5.74) is 3.86. The molecule has 8 heteroatoms. The molecular weight excluding hydrogens is 395 g/mol. The topological polar surface area (TPSA) is 85.1 Å². The van der Waals surface area contributed by atoms with E-state index in [1.807, 2.05) is 24.3 Å². The number of hydrogen-bond donors (Lipinski definition) is 1. The van der Waals surface area contributed by atoms with Gasteiger partial charge in [-0.3, -0.25) is 9.78 Å². The predicted molar refractivity (Wildman–Crippen MR) is 114 cm³/mol. The lowest BCUT2D eigenvalue weighted by Crippen LogP contribution is -2.19. The average molecular weight is 412 g/mol. The van der Waals surface area contributed by atoms with E-state index in [-0.39, 0.29) is 5.56 Å². The van der Waals surface area contributed by atoms with E-state index in [2.05, 4.69) is 31.4 Å². The third-order valence-corrected chi connectivity index (χ3v) is 5.03. The Kier molecular flexibility index (Phi) is 4.59. The van der Waals surface area contributed by atoms with Crippen LogP contribution in [0.2, 0.25) is 0 Å². The highest BCUT2D eigenvalue weighted by Crippen LogP contribution is 2.22. The number of aromatic nitrogens is 5. The molecule has 5 aromatic rings. The minimum Gasteiger partial charge on any atom is -0.355 e. The zero-order chi connectivity index (χ0) is 21.4. The summed E-state index contributed by atoms with van der Waals surface area (Å²) in [6.07, 6.45) is 5.75. The molecule has 0 radical (unpaired) electrons. The smallest absolute Gasteiger partial charge is 0.253 e. The zero-order valence-electron chi connectivity index (χ0n) is 16.6. The summed E-state index contributed by atoms with van der Waals surface area (Å²) in [5.74, 6) is -0.663. The largest absolute Gasteiger partial charge is 0.355 e. The van der Waals surface area contributed by atoms with Crippen molar-refractivity contribution < 1.29 is 9.18 Å². The molecule has 0 atom stereocenters. The maximum absolute atomic E-state index is 14.3. The Hall–Kier alpha value is -4.20. The van der Waals surface area contributed by atoms with Gasteiger partial charge >= 0.3 is 0 Å². The number of fused-ring (bicyclic) bond motifs is 2. The van der Waals surface area contributed by atoms with Crippen LogP contribution in [0.15, 0.2) is 67.1 Å². The molecule has 3 heterocycles. The molecule has 0 saturated heterocycles. The molecule has 0 unspecified atom stereocenters. The number of pyridine rings is 1. The number of benzene rings is 2. The van der Waals surface area contributed by atoms with E-state index in [9.17, 15) is 9.18 Å². The summed E-state index contributed by atoms with van der Waals surface area (Å²) in [5, 5.41) is 7.87. The van der Waals surface area contributed by atoms with Gasteiger partial charge in [-0.2, -0.15) is 5.10 Å². The maximum Gasteiger partial charge on any atom is 0.253 e. The fraction of sp³-hybridized carbons (Fsp3) is 0.0870. The van der Waals surface area contributed by atoms with Crippen molar-refractivity contribution >= 4 is 22.6 Å². The van der Waals surface area contributed by atoms with E-state index < -0.39 is 11.7 Å². The lowest BCUT2D eigenvalue weighted by molar-refractivity contribution is 0.0959. The number of nitrogens with one attached hydrogen (secondary N) is 1. The predicted octanol–water partition coefficient (Wildman–Crippen LogP) is 3.43. The van der Waals surface area contributed by atoms with Crippen molar-refractivity contribution in [3.8, 4) is 11.3 Å². The highest BCUT2D eigenvalue weighted by atomic mass is 19.1. The lowest BCUT2D eigenvalue weighted by atomic mass is 10.1. The number of halogens is 1. The van der Waals surface area contributed by atoms with Crippen LogP contribution in [0.4, 0.5) is 4.39 Å². The molecule has 0 aliphatic rings. The van der Waals surface area contributed by atoms with Crippen LogP contribution in [0.25, 0.3) is 27.9 Å². The molecule has 0 spiro atoms. The van der Waals surface area contributed by atoms with Crippen LogP contribution < -0.4 is 5.32 Å². The Labute approximate surface area is 176 Å². The van der Waals surface area contributed by atoms with Crippen molar-refractivity contribution in [1.82, 2.24) is 29.9 Å². The van der Waals surface area contributed by atoms with Crippen LogP contribution in [0.1, 0.15) is 21.6 Å². The molecule has 1 N–H and O–H groups in total. The summed E-state index contributed by atoms with van der Waals surface area (Å²) < 4.78 is 15.9. The maximum atomic E-state index is 14.3. The number of imidazole rings is 1. The third-order valence-electron chi connectivity index (χ3n) is 5.03. The fourth-order valence-electron chi connectivity index (χ4n) is 3.47. The van der Waals surface area contributed by atoms with Crippen LogP contribution in [0, 0.1) is 5.82 Å². The minimum atomic E-state index is -0.610. The molecule has 0 aliphatic carbocycles. The van der Waals surface area contributed by atoms with Gasteiger partial charge in [0.2, 0.25) is 0 Å². The summed E-state index contributed by atoms with van der Waals surface area (Å²) in [4.78, 5) is 25.1. The zero-order valence-corrected chi connectivity index (χ0v) is 16.6. The molecule has 1 amide bonds. The van der Waals surface area contributed by atoms with Gasteiger partial charge in [0.1, 0.15) is 5.82 Å². The highest BCUT2D eigenvalue weighted by Gasteiger charge is 2.14. The van der Waals surface area contributed by atoms with Gasteiger partial charge < -0.3 is 5.32 Å². The summed E-state index contributed by atoms with van der Waals surface area (Å²) in [6.45, 7) is 0. The molecule has 0 saturated carbocycles. The number of rotatable bonds is 4. The number of amides is 1. The van der Waals surface area contributed by atoms with Crippen molar-refractivity contribution in [3.05, 3.63) is 89.8 Å². The Morgan fingerprint density at radius 3 is 2.87 bits per heavy atom. The van der Waals surface area contributed by atoms with Crippen molar-refractivity contribution in [1.29, 1.82) is 0 Å². The normalized spacial score (nSPS) is 11.2. The Bertz CT molecular complexity index is 1450. The lowest BCUT2D eigenvalue weighted by Gasteiger charge is -2.03. The molecule has 31 heavy (non-hydrogen) atoms. The van der Waals surface area contributed by atoms with Crippen molar-refractivity contribution in [2.45, 2.75) is 6.42 Å². The number of carbonyl (C=O) groups excluding carboxylic acids is 1. The van der Waals surface area contributed by atoms with Crippen LogP contribution in [-0.2, 0) is 6.42 Å². The first-order valence-electron chi connectivity index (χ1n) is 9.68. The van der Waals surface area contributed by atoms with Gasteiger partial charge in [0, 0.05) is 30.6 Å². The Morgan fingerprint density at radius 2 is 2.03 bits per heavy atom. The monoisotopic (exact) mass is 412 g/mol. The number of carbonyl (C=O) groups is 1. The van der Waals surface area contributed by atoms with Gasteiger partial charge in [-0.25, -0.2) is 18.9 Å². The first kappa shape index (κ1) is 18.8. The van der Waals surface area contributed by atoms with Crippen molar-refractivity contribution in [2.24, 2.45) is 0 Å². The van der Waals surface area contributed by atoms with Gasteiger partial charge in [-0.15, -0.1) is 0 Å². The van der Waals surface area contributed by atoms with Crippen LogP contribution in [0.3, 0.4) is 0 Å². The molecular formula is C23H17FN6O. The van der Waals surface area contributed by atoms with Crippen LogP contribution >= 0.6 is 0 Å². The van der Waals surface area contributed by atoms with Crippen LogP contribution in [-0.4, -0.2) is 37.5 Å². The molecule has 5 rings (SSSR count). The van der Waals surface area contributed by atoms with E-state index in [0.717, 1.165) is 22.2 Å². The Balaban J connectivity index is 1.44. The first-order valence-corrected chi connectivity index (χ1v) is 9.68. The second-order valence-corrected chi connectivity index (χ2v) is 7.10. The molecule has 0 bridgehead atoms. The second kappa shape index (κ2) is 7.56. The molecule has 2 aromatic carbocycles. The summed E-state index contributed by atoms with van der Waals surface area (Å²) in [6, 6.07) is 14.4. The van der Waals surface area contributed by atoms with Gasteiger partial charge in [-0.05, 0) is 35.9 Å².